The molecular weight excluding hydrogens is 200 g/mol. The maximum Gasteiger partial charge on any atom is 0.0748 e. The molecule has 1 aromatic carbocycles. The van der Waals surface area contributed by atoms with Gasteiger partial charge in [0.25, 0.3) is 0 Å². The Labute approximate surface area is 97.4 Å². The van der Waals surface area contributed by atoms with Gasteiger partial charge in [0.05, 0.1) is 17.5 Å². The first-order valence-corrected chi connectivity index (χ1v) is 5.89. The predicted molar refractivity (Wildman–Crippen MR) is 68.2 cm³/mol. The summed E-state index contributed by atoms with van der Waals surface area (Å²) in [6.45, 7) is 1.83. The molecule has 1 atom stereocenters. The van der Waals surface area contributed by atoms with Gasteiger partial charge >= 0.3 is 0 Å². The van der Waals surface area contributed by atoms with Crippen molar-refractivity contribution in [3.8, 4) is 0 Å². The molecule has 1 aromatic rings. The molecule has 0 aliphatic carbocycles. The first kappa shape index (κ1) is 11.3. The van der Waals surface area contributed by atoms with Gasteiger partial charge in [0.1, 0.15) is 0 Å². The number of ether oxygens (including phenoxy) is 1. The van der Waals surface area contributed by atoms with E-state index in [1.807, 2.05) is 0 Å². The van der Waals surface area contributed by atoms with E-state index in [1.54, 1.807) is 0 Å². The smallest absolute Gasteiger partial charge is 0.0748 e. The van der Waals surface area contributed by atoms with Crippen LogP contribution in [0.2, 0.25) is 0 Å². The van der Waals surface area contributed by atoms with Gasteiger partial charge < -0.3 is 15.0 Å². The number of hydrogen-bond acceptors (Lipinski definition) is 3. The highest BCUT2D eigenvalue weighted by Crippen LogP contribution is 2.24. The van der Waals surface area contributed by atoms with Crippen molar-refractivity contribution < 1.29 is 4.74 Å². The molecule has 88 valence electrons. The van der Waals surface area contributed by atoms with Crippen LogP contribution in [-0.4, -0.2) is 33.4 Å². The summed E-state index contributed by atoms with van der Waals surface area (Å²) < 4.78 is 5.60. The van der Waals surface area contributed by atoms with Crippen molar-refractivity contribution in [1.29, 1.82) is 0 Å². The fourth-order valence-corrected chi connectivity index (χ4v) is 2.04. The van der Waals surface area contributed by atoms with Crippen LogP contribution >= 0.6 is 0 Å². The Balaban J connectivity index is 1.97. The zero-order valence-electron chi connectivity index (χ0n) is 10.1. The maximum absolute atomic E-state index is 5.60. The Hall–Kier alpha value is -1.22. The molecule has 3 heteroatoms. The average Bonchev–Trinajstić information content (AvgIpc) is 2.79. The molecular formula is C13H20N2O. The molecule has 1 N–H and O–H groups in total. The minimum Gasteiger partial charge on any atom is -0.381 e. The average molecular weight is 220 g/mol. The van der Waals surface area contributed by atoms with E-state index in [0.29, 0.717) is 6.10 Å². The molecule has 0 aromatic heterocycles. The van der Waals surface area contributed by atoms with Crippen molar-refractivity contribution in [3.05, 3.63) is 24.3 Å². The number of rotatable bonds is 4. The maximum atomic E-state index is 5.60. The number of hydrogen-bond donors (Lipinski definition) is 1. The summed E-state index contributed by atoms with van der Waals surface area (Å²) in [6, 6.07) is 8.36. The van der Waals surface area contributed by atoms with Gasteiger partial charge in [-0.05, 0) is 25.0 Å². The van der Waals surface area contributed by atoms with E-state index in [-0.39, 0.29) is 0 Å². The highest BCUT2D eigenvalue weighted by molar-refractivity contribution is 5.69. The van der Waals surface area contributed by atoms with Crippen molar-refractivity contribution in [2.45, 2.75) is 18.9 Å². The lowest BCUT2D eigenvalue weighted by Crippen LogP contribution is -2.20. The van der Waals surface area contributed by atoms with Crippen LogP contribution in [0.15, 0.2) is 24.3 Å². The zero-order valence-corrected chi connectivity index (χ0v) is 10.1. The van der Waals surface area contributed by atoms with Crippen LogP contribution < -0.4 is 10.2 Å². The highest BCUT2D eigenvalue weighted by atomic mass is 16.5. The lowest BCUT2D eigenvalue weighted by Gasteiger charge is -2.19. The third-order valence-electron chi connectivity index (χ3n) is 2.93. The van der Waals surface area contributed by atoms with E-state index in [1.165, 1.54) is 24.2 Å². The molecule has 0 spiro atoms. The summed E-state index contributed by atoms with van der Waals surface area (Å²) in [5, 5.41) is 3.47. The molecule has 1 aliphatic rings. The largest absolute Gasteiger partial charge is 0.381 e. The van der Waals surface area contributed by atoms with Crippen LogP contribution in [0.5, 0.6) is 0 Å². The van der Waals surface area contributed by atoms with Crippen LogP contribution in [0.25, 0.3) is 0 Å². The third kappa shape index (κ3) is 2.67. The lowest BCUT2D eigenvalue weighted by molar-refractivity contribution is 0.120. The Morgan fingerprint density at radius 2 is 2.19 bits per heavy atom. The van der Waals surface area contributed by atoms with Crippen LogP contribution in [-0.2, 0) is 4.74 Å². The third-order valence-corrected chi connectivity index (χ3v) is 2.93. The second-order valence-electron chi connectivity index (χ2n) is 4.43. The standard InChI is InChI=1S/C13H20N2O/c1-15(2)13-8-4-3-7-12(13)14-10-11-6-5-9-16-11/h3-4,7-8,11,14H,5-6,9-10H2,1-2H3. The predicted octanol–water partition coefficient (Wildman–Crippen LogP) is 2.34. The second-order valence-corrected chi connectivity index (χ2v) is 4.43. The Morgan fingerprint density at radius 3 is 2.88 bits per heavy atom. The minimum atomic E-state index is 0.384. The molecule has 2 rings (SSSR count). The fourth-order valence-electron chi connectivity index (χ4n) is 2.04. The van der Waals surface area contributed by atoms with E-state index in [9.17, 15) is 0 Å². The summed E-state index contributed by atoms with van der Waals surface area (Å²) in [6.07, 6.45) is 2.76. The van der Waals surface area contributed by atoms with Crippen LogP contribution in [0.1, 0.15) is 12.8 Å². The summed E-state index contributed by atoms with van der Waals surface area (Å²) in [4.78, 5) is 2.12. The Bertz CT molecular complexity index is 332. The molecule has 1 aliphatic heterocycles. The van der Waals surface area contributed by atoms with Gasteiger partial charge in [-0.1, -0.05) is 12.1 Å². The number of nitrogens with one attached hydrogen (secondary N) is 1. The lowest BCUT2D eigenvalue weighted by atomic mass is 10.2. The van der Waals surface area contributed by atoms with E-state index in [0.717, 1.165) is 13.2 Å². The van der Waals surface area contributed by atoms with Gasteiger partial charge in [-0.3, -0.25) is 0 Å². The minimum absolute atomic E-state index is 0.384. The number of para-hydroxylation sites is 2. The second kappa shape index (κ2) is 5.21. The van der Waals surface area contributed by atoms with Crippen molar-refractivity contribution >= 4 is 11.4 Å². The SMILES string of the molecule is CN(C)c1ccccc1NCC1CCCO1. The van der Waals surface area contributed by atoms with E-state index < -0.39 is 0 Å². The first-order chi connectivity index (χ1) is 7.77. The van der Waals surface area contributed by atoms with Gasteiger partial charge in [-0.2, -0.15) is 0 Å². The van der Waals surface area contributed by atoms with Gasteiger partial charge in [0.15, 0.2) is 0 Å². The van der Waals surface area contributed by atoms with E-state index in [2.05, 4.69) is 48.6 Å². The number of anilines is 2. The van der Waals surface area contributed by atoms with E-state index >= 15 is 0 Å². The molecule has 3 nitrogen and oxygen atoms in total. The molecule has 1 unspecified atom stereocenters. The molecule has 1 fully saturated rings. The first-order valence-electron chi connectivity index (χ1n) is 5.89. The quantitative estimate of drug-likeness (QED) is 0.843. The topological polar surface area (TPSA) is 24.5 Å². The fraction of sp³-hybridized carbons (Fsp3) is 0.538. The van der Waals surface area contributed by atoms with Gasteiger partial charge in [0, 0.05) is 27.2 Å². The summed E-state index contributed by atoms with van der Waals surface area (Å²) in [5.41, 5.74) is 2.41. The van der Waals surface area contributed by atoms with Crippen LogP contribution in [0.3, 0.4) is 0 Å². The molecule has 0 bridgehead atoms. The molecule has 0 saturated carbocycles. The Kier molecular flexibility index (Phi) is 3.67. The summed E-state index contributed by atoms with van der Waals surface area (Å²) in [5.74, 6) is 0. The molecule has 1 saturated heterocycles. The molecule has 1 heterocycles. The summed E-state index contributed by atoms with van der Waals surface area (Å²) >= 11 is 0. The number of nitrogens with zero attached hydrogens (tertiary/aromatic N) is 1. The molecule has 16 heavy (non-hydrogen) atoms. The van der Waals surface area contributed by atoms with Crippen molar-refractivity contribution in [2.24, 2.45) is 0 Å². The van der Waals surface area contributed by atoms with Crippen LogP contribution in [0, 0.1) is 0 Å². The number of benzene rings is 1. The monoisotopic (exact) mass is 220 g/mol. The van der Waals surface area contributed by atoms with Crippen molar-refractivity contribution in [2.75, 3.05) is 37.5 Å². The van der Waals surface area contributed by atoms with Gasteiger partial charge in [-0.15, -0.1) is 0 Å². The van der Waals surface area contributed by atoms with Crippen molar-refractivity contribution in [3.63, 3.8) is 0 Å². The van der Waals surface area contributed by atoms with Gasteiger partial charge in [0.2, 0.25) is 0 Å². The highest BCUT2D eigenvalue weighted by Gasteiger charge is 2.15. The van der Waals surface area contributed by atoms with Gasteiger partial charge in [-0.25, -0.2) is 0 Å². The Morgan fingerprint density at radius 1 is 1.38 bits per heavy atom. The van der Waals surface area contributed by atoms with E-state index in [4.69, 9.17) is 4.74 Å². The summed E-state index contributed by atoms with van der Waals surface area (Å²) in [7, 11) is 4.12. The van der Waals surface area contributed by atoms with Crippen LogP contribution in [0.4, 0.5) is 11.4 Å². The molecule has 0 amide bonds. The zero-order chi connectivity index (χ0) is 11.4. The van der Waals surface area contributed by atoms with Crippen molar-refractivity contribution in [1.82, 2.24) is 0 Å². The molecule has 0 radical (unpaired) electrons. The normalized spacial score (nSPS) is 19.8.